The van der Waals surface area contributed by atoms with E-state index in [-0.39, 0.29) is 0 Å². The molecule has 2 unspecified atom stereocenters. The molecule has 1 aliphatic rings. The number of anilines is 1. The van der Waals surface area contributed by atoms with E-state index in [2.05, 4.69) is 48.2 Å². The molecule has 1 fully saturated rings. The summed E-state index contributed by atoms with van der Waals surface area (Å²) in [5.74, 6) is 0. The van der Waals surface area contributed by atoms with E-state index in [1.54, 1.807) is 0 Å². The van der Waals surface area contributed by atoms with E-state index in [1.807, 2.05) is 6.20 Å². The van der Waals surface area contributed by atoms with Gasteiger partial charge in [-0.1, -0.05) is 13.8 Å². The normalized spacial score (nSPS) is 20.2. The molecule has 118 valence electrons. The van der Waals surface area contributed by atoms with E-state index < -0.39 is 0 Å². The molecule has 0 amide bonds. The van der Waals surface area contributed by atoms with Crippen molar-refractivity contribution in [3.05, 3.63) is 24.0 Å². The van der Waals surface area contributed by atoms with Crippen molar-refractivity contribution in [2.75, 3.05) is 31.6 Å². The highest BCUT2D eigenvalue weighted by atomic mass is 16.5. The highest BCUT2D eigenvalue weighted by molar-refractivity contribution is 5.44. The Labute approximate surface area is 128 Å². The van der Waals surface area contributed by atoms with Crippen LogP contribution in [0.1, 0.15) is 51.3 Å². The van der Waals surface area contributed by atoms with Crippen LogP contribution in [0.25, 0.3) is 0 Å². The van der Waals surface area contributed by atoms with Gasteiger partial charge in [0, 0.05) is 26.2 Å². The van der Waals surface area contributed by atoms with Gasteiger partial charge in [-0.2, -0.15) is 0 Å². The molecule has 0 radical (unpaired) electrons. The van der Waals surface area contributed by atoms with Crippen LogP contribution >= 0.6 is 0 Å². The minimum atomic E-state index is 0.357. The monoisotopic (exact) mass is 291 g/mol. The van der Waals surface area contributed by atoms with Gasteiger partial charge in [0.2, 0.25) is 0 Å². The third-order valence-electron chi connectivity index (χ3n) is 4.18. The highest BCUT2D eigenvalue weighted by Crippen LogP contribution is 2.20. The van der Waals surface area contributed by atoms with Crippen molar-refractivity contribution in [1.82, 2.24) is 10.3 Å². The molecule has 1 saturated heterocycles. The Morgan fingerprint density at radius 3 is 2.81 bits per heavy atom. The average molecular weight is 291 g/mol. The van der Waals surface area contributed by atoms with Gasteiger partial charge in [0.05, 0.1) is 23.7 Å². The number of hydrogen-bond donors (Lipinski definition) is 1. The quantitative estimate of drug-likeness (QED) is 0.837. The van der Waals surface area contributed by atoms with Crippen LogP contribution in [0.2, 0.25) is 0 Å². The fourth-order valence-corrected chi connectivity index (χ4v) is 2.90. The van der Waals surface area contributed by atoms with E-state index in [9.17, 15) is 0 Å². The number of nitrogens with one attached hydrogen (secondary N) is 1. The van der Waals surface area contributed by atoms with E-state index in [4.69, 9.17) is 4.74 Å². The molecule has 2 heterocycles. The molecule has 0 aromatic carbocycles. The third-order valence-corrected chi connectivity index (χ3v) is 4.18. The van der Waals surface area contributed by atoms with Gasteiger partial charge in [-0.05, 0) is 44.4 Å². The van der Waals surface area contributed by atoms with Crippen LogP contribution in [0.4, 0.5) is 5.69 Å². The van der Waals surface area contributed by atoms with E-state index in [1.165, 1.54) is 24.9 Å². The second-order valence-corrected chi connectivity index (χ2v) is 5.83. The summed E-state index contributed by atoms with van der Waals surface area (Å²) in [6.07, 6.45) is 7.09. The number of pyridine rings is 1. The van der Waals surface area contributed by atoms with Crippen molar-refractivity contribution >= 4 is 5.69 Å². The summed E-state index contributed by atoms with van der Waals surface area (Å²) in [5.41, 5.74) is 2.30. The molecule has 1 aromatic rings. The topological polar surface area (TPSA) is 37.4 Å². The molecular weight excluding hydrogens is 262 g/mol. The summed E-state index contributed by atoms with van der Waals surface area (Å²) in [5, 5.41) is 3.47. The summed E-state index contributed by atoms with van der Waals surface area (Å²) in [6.45, 7) is 7.16. The fourth-order valence-electron chi connectivity index (χ4n) is 2.90. The molecule has 4 heteroatoms. The Hall–Kier alpha value is -1.13. The van der Waals surface area contributed by atoms with Crippen LogP contribution in [0.15, 0.2) is 18.3 Å². The van der Waals surface area contributed by atoms with Crippen LogP contribution in [-0.2, 0) is 4.74 Å². The zero-order chi connectivity index (χ0) is 15.1. The van der Waals surface area contributed by atoms with Gasteiger partial charge in [-0.3, -0.25) is 4.98 Å². The van der Waals surface area contributed by atoms with Crippen LogP contribution in [0, 0.1) is 0 Å². The van der Waals surface area contributed by atoms with Crippen molar-refractivity contribution in [1.29, 1.82) is 0 Å². The molecule has 2 rings (SSSR count). The van der Waals surface area contributed by atoms with Gasteiger partial charge in [-0.25, -0.2) is 0 Å². The molecule has 2 atom stereocenters. The van der Waals surface area contributed by atoms with Gasteiger partial charge in [0.15, 0.2) is 0 Å². The zero-order valence-corrected chi connectivity index (χ0v) is 13.6. The van der Waals surface area contributed by atoms with Crippen molar-refractivity contribution in [2.24, 2.45) is 0 Å². The smallest absolute Gasteiger partial charge is 0.0749 e. The molecule has 1 aromatic heterocycles. The molecule has 0 saturated carbocycles. The predicted octanol–water partition coefficient (Wildman–Crippen LogP) is 3.15. The Bertz CT molecular complexity index is 401. The lowest BCUT2D eigenvalue weighted by Gasteiger charge is -2.28. The minimum Gasteiger partial charge on any atom is -0.376 e. The molecule has 0 spiro atoms. The molecular formula is C17H29N3O. The van der Waals surface area contributed by atoms with Crippen LogP contribution < -0.4 is 10.2 Å². The van der Waals surface area contributed by atoms with Gasteiger partial charge < -0.3 is 15.0 Å². The first-order valence-corrected chi connectivity index (χ1v) is 8.26. The standard InChI is InChI=1S/C17H29N3O/c1-4-16(18-5-2)17-10-9-14(12-19-17)20(3)13-15-8-6-7-11-21-15/h9-10,12,15-16,18H,4-8,11,13H2,1-3H3. The summed E-state index contributed by atoms with van der Waals surface area (Å²) >= 11 is 0. The average Bonchev–Trinajstić information content (AvgIpc) is 2.54. The highest BCUT2D eigenvalue weighted by Gasteiger charge is 2.16. The van der Waals surface area contributed by atoms with E-state index in [0.717, 1.165) is 31.8 Å². The summed E-state index contributed by atoms with van der Waals surface area (Å²) in [6, 6.07) is 4.67. The SMILES string of the molecule is CCNC(CC)c1ccc(N(C)CC2CCCCO2)cn1. The second kappa shape index (κ2) is 8.35. The van der Waals surface area contributed by atoms with E-state index in [0.29, 0.717) is 12.1 Å². The molecule has 1 N–H and O–H groups in total. The van der Waals surface area contributed by atoms with Gasteiger partial charge in [-0.15, -0.1) is 0 Å². The van der Waals surface area contributed by atoms with Crippen LogP contribution in [0.5, 0.6) is 0 Å². The zero-order valence-electron chi connectivity index (χ0n) is 13.6. The predicted molar refractivity (Wildman–Crippen MR) is 87.8 cm³/mol. The minimum absolute atomic E-state index is 0.357. The summed E-state index contributed by atoms with van der Waals surface area (Å²) in [4.78, 5) is 6.89. The summed E-state index contributed by atoms with van der Waals surface area (Å²) < 4.78 is 5.81. The lowest BCUT2D eigenvalue weighted by Crippen LogP contribution is -2.33. The summed E-state index contributed by atoms with van der Waals surface area (Å²) in [7, 11) is 2.12. The Balaban J connectivity index is 1.93. The van der Waals surface area contributed by atoms with Crippen molar-refractivity contribution < 1.29 is 4.74 Å². The van der Waals surface area contributed by atoms with Crippen molar-refractivity contribution in [3.63, 3.8) is 0 Å². The van der Waals surface area contributed by atoms with Crippen molar-refractivity contribution in [2.45, 2.75) is 51.7 Å². The second-order valence-electron chi connectivity index (χ2n) is 5.83. The Morgan fingerprint density at radius 2 is 2.24 bits per heavy atom. The van der Waals surface area contributed by atoms with E-state index >= 15 is 0 Å². The lowest BCUT2D eigenvalue weighted by molar-refractivity contribution is 0.0216. The lowest BCUT2D eigenvalue weighted by atomic mass is 10.1. The van der Waals surface area contributed by atoms with Crippen LogP contribution in [-0.4, -0.2) is 37.8 Å². The molecule has 1 aliphatic heterocycles. The van der Waals surface area contributed by atoms with Gasteiger partial charge in [0.25, 0.3) is 0 Å². The van der Waals surface area contributed by atoms with Gasteiger partial charge >= 0.3 is 0 Å². The maximum Gasteiger partial charge on any atom is 0.0749 e. The molecule has 0 aliphatic carbocycles. The van der Waals surface area contributed by atoms with Crippen molar-refractivity contribution in [3.8, 4) is 0 Å². The number of nitrogens with zero attached hydrogens (tertiary/aromatic N) is 2. The Kier molecular flexibility index (Phi) is 6.46. The maximum absolute atomic E-state index is 5.81. The van der Waals surface area contributed by atoms with Crippen LogP contribution in [0.3, 0.4) is 0 Å². The number of hydrogen-bond acceptors (Lipinski definition) is 4. The molecule has 0 bridgehead atoms. The number of likely N-dealkylation sites (N-methyl/N-ethyl adjacent to an activating group) is 1. The first kappa shape index (κ1) is 16.2. The molecule has 21 heavy (non-hydrogen) atoms. The number of aromatic nitrogens is 1. The molecule has 4 nitrogen and oxygen atoms in total. The number of ether oxygens (including phenoxy) is 1. The largest absolute Gasteiger partial charge is 0.376 e. The number of rotatable bonds is 7. The van der Waals surface area contributed by atoms with Gasteiger partial charge in [0.1, 0.15) is 0 Å². The maximum atomic E-state index is 5.81. The fraction of sp³-hybridized carbons (Fsp3) is 0.706. The Morgan fingerprint density at radius 1 is 1.38 bits per heavy atom. The first-order chi connectivity index (χ1) is 10.2. The third kappa shape index (κ3) is 4.68. The first-order valence-electron chi connectivity index (χ1n) is 8.26.